The zero-order chi connectivity index (χ0) is 7.94. The van der Waals surface area contributed by atoms with Crippen molar-refractivity contribution < 1.29 is 0 Å². The number of unbranched alkanes of at least 4 members (excludes halogenated alkanes) is 2. The molecule has 0 saturated heterocycles. The van der Waals surface area contributed by atoms with E-state index in [1.807, 2.05) is 0 Å². The largest absolute Gasteiger partial charge is 0.317 e. The van der Waals surface area contributed by atoms with E-state index in [-0.39, 0.29) is 0 Å². The van der Waals surface area contributed by atoms with Gasteiger partial charge in [0.2, 0.25) is 0 Å². The van der Waals surface area contributed by atoms with E-state index < -0.39 is 0 Å². The number of hydrogen-bond acceptors (Lipinski definition) is 3. The second-order valence-corrected chi connectivity index (χ2v) is 3.27. The van der Waals surface area contributed by atoms with Crippen LogP contribution in [0.3, 0.4) is 0 Å². The number of nitrogens with one attached hydrogen (secondary N) is 1. The highest BCUT2D eigenvalue weighted by Crippen LogP contribution is 2.15. The van der Waals surface area contributed by atoms with Gasteiger partial charge in [0.25, 0.3) is 0 Å². The first-order valence-electron chi connectivity index (χ1n) is 4.06. The van der Waals surface area contributed by atoms with Crippen LogP contribution in [0.5, 0.6) is 0 Å². The maximum absolute atomic E-state index is 4.21. The summed E-state index contributed by atoms with van der Waals surface area (Å²) >= 11 is 1.60. The number of rotatable bonds is 4. The van der Waals surface area contributed by atoms with Gasteiger partial charge in [-0.15, -0.1) is 0 Å². The molecule has 1 aliphatic heterocycles. The Balaban J connectivity index is 2.15. The van der Waals surface area contributed by atoms with Crippen molar-refractivity contribution in [1.29, 1.82) is 0 Å². The van der Waals surface area contributed by atoms with Crippen molar-refractivity contribution in [2.75, 3.05) is 0 Å². The van der Waals surface area contributed by atoms with Crippen LogP contribution in [0.1, 0.15) is 32.6 Å². The van der Waals surface area contributed by atoms with Crippen molar-refractivity contribution in [3.05, 3.63) is 11.1 Å². The fourth-order valence-corrected chi connectivity index (χ4v) is 1.45. The topological polar surface area (TPSA) is 24.4 Å². The van der Waals surface area contributed by atoms with Gasteiger partial charge in [-0.2, -0.15) is 0 Å². The zero-order valence-corrected chi connectivity index (χ0v) is 7.66. The lowest BCUT2D eigenvalue weighted by Crippen LogP contribution is -2.01. The van der Waals surface area contributed by atoms with Crippen LogP contribution in [-0.4, -0.2) is 6.34 Å². The van der Waals surface area contributed by atoms with E-state index in [1.54, 1.807) is 18.3 Å². The lowest BCUT2D eigenvalue weighted by Gasteiger charge is -2.05. The van der Waals surface area contributed by atoms with Gasteiger partial charge >= 0.3 is 0 Å². The predicted molar refractivity (Wildman–Crippen MR) is 51.4 cm³/mol. The third-order valence-corrected chi connectivity index (χ3v) is 2.21. The first kappa shape index (κ1) is 8.65. The molecule has 0 aromatic heterocycles. The van der Waals surface area contributed by atoms with Crippen LogP contribution in [0, 0.1) is 0 Å². The Morgan fingerprint density at radius 1 is 1.55 bits per heavy atom. The van der Waals surface area contributed by atoms with Crippen molar-refractivity contribution >= 4 is 18.3 Å². The molecular weight excluding hydrogens is 156 g/mol. The summed E-state index contributed by atoms with van der Waals surface area (Å²) in [6.45, 7) is 2.22. The second kappa shape index (κ2) is 5.24. The second-order valence-electron chi connectivity index (χ2n) is 2.56. The van der Waals surface area contributed by atoms with Crippen LogP contribution in [-0.2, 0) is 0 Å². The molecule has 1 N–H and O–H groups in total. The lowest BCUT2D eigenvalue weighted by atomic mass is 10.2. The molecule has 1 rings (SSSR count). The standard InChI is InChI=1S/C8H14N2S/c1-2-3-4-5-8-6-11-10-7-9-8/h6-7H,2-5H2,1H3,(H,9,10). The van der Waals surface area contributed by atoms with Gasteiger partial charge in [0, 0.05) is 5.41 Å². The van der Waals surface area contributed by atoms with E-state index in [0.29, 0.717) is 0 Å². The minimum absolute atomic E-state index is 1.12. The van der Waals surface area contributed by atoms with Gasteiger partial charge in [0.15, 0.2) is 0 Å². The molecule has 1 aliphatic rings. The van der Waals surface area contributed by atoms with E-state index >= 15 is 0 Å². The van der Waals surface area contributed by atoms with Crippen LogP contribution < -0.4 is 4.72 Å². The highest BCUT2D eigenvalue weighted by molar-refractivity contribution is 8.00. The minimum atomic E-state index is 1.12. The Labute approximate surface area is 72.3 Å². The van der Waals surface area contributed by atoms with Gasteiger partial charge < -0.3 is 4.72 Å². The van der Waals surface area contributed by atoms with Crippen LogP contribution in [0.25, 0.3) is 0 Å². The van der Waals surface area contributed by atoms with Crippen molar-refractivity contribution in [3.8, 4) is 0 Å². The normalized spacial score (nSPS) is 15.9. The van der Waals surface area contributed by atoms with Crippen molar-refractivity contribution in [2.24, 2.45) is 4.99 Å². The van der Waals surface area contributed by atoms with Crippen LogP contribution in [0.4, 0.5) is 0 Å². The van der Waals surface area contributed by atoms with E-state index in [4.69, 9.17) is 0 Å². The molecule has 11 heavy (non-hydrogen) atoms. The molecule has 2 nitrogen and oxygen atoms in total. The Morgan fingerprint density at radius 3 is 3.09 bits per heavy atom. The molecule has 0 aliphatic carbocycles. The van der Waals surface area contributed by atoms with Crippen LogP contribution >= 0.6 is 11.9 Å². The molecule has 0 amide bonds. The molecule has 62 valence electrons. The molecule has 1 heterocycles. The molecule has 0 spiro atoms. The average Bonchev–Trinajstić information content (AvgIpc) is 2.07. The summed E-state index contributed by atoms with van der Waals surface area (Å²) in [5.41, 5.74) is 1.21. The van der Waals surface area contributed by atoms with Gasteiger partial charge in [-0.25, -0.2) is 4.99 Å². The van der Waals surface area contributed by atoms with Crippen LogP contribution in [0.2, 0.25) is 0 Å². The molecule has 0 bridgehead atoms. The Kier molecular flexibility index (Phi) is 4.12. The van der Waals surface area contributed by atoms with Gasteiger partial charge in [0.1, 0.15) is 0 Å². The van der Waals surface area contributed by atoms with E-state index in [1.165, 1.54) is 25.0 Å². The highest BCUT2D eigenvalue weighted by Gasteiger charge is 1.97. The molecule has 0 saturated carbocycles. The number of hydrogen-bond donors (Lipinski definition) is 1. The van der Waals surface area contributed by atoms with Gasteiger partial charge in [-0.3, -0.25) is 0 Å². The summed E-state index contributed by atoms with van der Waals surface area (Å²) in [5.74, 6) is 0. The van der Waals surface area contributed by atoms with Crippen molar-refractivity contribution in [3.63, 3.8) is 0 Å². The van der Waals surface area contributed by atoms with E-state index in [9.17, 15) is 0 Å². The molecule has 0 atom stereocenters. The summed E-state index contributed by atoms with van der Waals surface area (Å²) in [6.07, 6.45) is 6.73. The van der Waals surface area contributed by atoms with E-state index in [0.717, 1.165) is 6.42 Å². The van der Waals surface area contributed by atoms with Crippen molar-refractivity contribution in [2.45, 2.75) is 32.6 Å². The Bertz CT molecular complexity index is 163. The summed E-state index contributed by atoms with van der Waals surface area (Å²) in [6, 6.07) is 0. The maximum atomic E-state index is 4.21. The molecule has 0 unspecified atom stereocenters. The average molecular weight is 170 g/mol. The van der Waals surface area contributed by atoms with Crippen molar-refractivity contribution in [1.82, 2.24) is 4.72 Å². The van der Waals surface area contributed by atoms with Gasteiger partial charge in [0.05, 0.1) is 12.0 Å². The summed E-state index contributed by atoms with van der Waals surface area (Å²) < 4.78 is 2.95. The maximum Gasteiger partial charge on any atom is 0.0984 e. The number of allylic oxidation sites excluding steroid dienone is 1. The minimum Gasteiger partial charge on any atom is -0.317 e. The van der Waals surface area contributed by atoms with Crippen LogP contribution in [0.15, 0.2) is 16.1 Å². The van der Waals surface area contributed by atoms with Gasteiger partial charge in [-0.1, -0.05) is 19.8 Å². The molecular formula is C8H14N2S. The SMILES string of the molecule is CCCCCC1=CSNC=N1. The third-order valence-electron chi connectivity index (χ3n) is 1.58. The summed E-state index contributed by atoms with van der Waals surface area (Å²) in [4.78, 5) is 4.21. The Hall–Kier alpha value is -0.440. The van der Waals surface area contributed by atoms with Gasteiger partial charge in [-0.05, 0) is 24.8 Å². The Morgan fingerprint density at radius 2 is 2.45 bits per heavy atom. The summed E-state index contributed by atoms with van der Waals surface area (Å²) in [5, 5.41) is 2.08. The fourth-order valence-electron chi connectivity index (χ4n) is 0.952. The monoisotopic (exact) mass is 170 g/mol. The number of aliphatic imine (C=N–C) groups is 1. The highest BCUT2D eigenvalue weighted by atomic mass is 32.2. The number of nitrogens with zero attached hydrogens (tertiary/aromatic N) is 1. The molecule has 0 aromatic rings. The molecule has 0 aromatic carbocycles. The molecule has 3 heteroatoms. The zero-order valence-electron chi connectivity index (χ0n) is 6.84. The first-order valence-corrected chi connectivity index (χ1v) is 4.94. The van der Waals surface area contributed by atoms with E-state index in [2.05, 4.69) is 22.0 Å². The quantitative estimate of drug-likeness (QED) is 0.518. The molecule has 0 radical (unpaired) electrons. The predicted octanol–water partition coefficient (Wildman–Crippen LogP) is 2.69. The summed E-state index contributed by atoms with van der Waals surface area (Å²) in [7, 11) is 0. The first-order chi connectivity index (χ1) is 5.43. The fraction of sp³-hybridized carbons (Fsp3) is 0.625. The third kappa shape index (κ3) is 3.46. The lowest BCUT2D eigenvalue weighted by molar-refractivity contribution is 0.710. The molecule has 0 fully saturated rings. The smallest absolute Gasteiger partial charge is 0.0984 e.